The summed E-state index contributed by atoms with van der Waals surface area (Å²) in [6, 6.07) is 18.5. The van der Waals surface area contributed by atoms with E-state index >= 15 is 0 Å². The summed E-state index contributed by atoms with van der Waals surface area (Å²) in [6.07, 6.45) is 1.54. The zero-order chi connectivity index (χ0) is 12.6. The molecule has 1 atom stereocenters. The van der Waals surface area contributed by atoms with Crippen LogP contribution in [0.4, 0.5) is 0 Å². The Morgan fingerprint density at radius 3 is 2.39 bits per heavy atom. The van der Waals surface area contributed by atoms with Crippen molar-refractivity contribution in [1.82, 2.24) is 0 Å². The second-order valence-electron chi connectivity index (χ2n) is 5.17. The average molecular weight is 236 g/mol. The van der Waals surface area contributed by atoms with E-state index in [2.05, 4.69) is 37.3 Å². The molecule has 0 radical (unpaired) electrons. The number of ketones is 1. The van der Waals surface area contributed by atoms with Gasteiger partial charge in [0.25, 0.3) is 0 Å². The first-order chi connectivity index (χ1) is 8.72. The summed E-state index contributed by atoms with van der Waals surface area (Å²) in [6.45, 7) is 2.24. The largest absolute Gasteiger partial charge is 0.294 e. The minimum absolute atomic E-state index is 0.0359. The van der Waals surface area contributed by atoms with Crippen LogP contribution < -0.4 is 0 Å². The first-order valence-electron chi connectivity index (χ1n) is 6.40. The Bertz CT molecular complexity index is 586. The Labute approximate surface area is 107 Å². The molecule has 2 aromatic carbocycles. The van der Waals surface area contributed by atoms with Crippen LogP contribution in [-0.4, -0.2) is 5.78 Å². The standard InChI is InChI=1S/C17H16O/c1-17(13-7-3-2-4-8-13)12-11-16(18)14-9-5-6-10-15(14)17/h2-10H,11-12H2,1H3. The number of Topliss-reactive ketones (excluding diaryl/α,β-unsaturated/α-hetero) is 1. The SMILES string of the molecule is CC1(c2ccccc2)CCC(=O)c2ccccc21. The van der Waals surface area contributed by atoms with Gasteiger partial charge < -0.3 is 0 Å². The molecule has 0 amide bonds. The number of carbonyl (C=O) groups is 1. The molecule has 1 heteroatoms. The number of benzene rings is 2. The Morgan fingerprint density at radius 1 is 0.944 bits per heavy atom. The van der Waals surface area contributed by atoms with Gasteiger partial charge in [0.1, 0.15) is 0 Å². The highest BCUT2D eigenvalue weighted by Crippen LogP contribution is 2.41. The summed E-state index contributed by atoms with van der Waals surface area (Å²) in [4.78, 5) is 12.0. The van der Waals surface area contributed by atoms with Crippen molar-refractivity contribution in [2.75, 3.05) is 0 Å². The van der Waals surface area contributed by atoms with Crippen molar-refractivity contribution < 1.29 is 4.79 Å². The number of hydrogen-bond acceptors (Lipinski definition) is 1. The van der Waals surface area contributed by atoms with E-state index in [1.165, 1.54) is 11.1 Å². The van der Waals surface area contributed by atoms with Crippen molar-refractivity contribution in [1.29, 1.82) is 0 Å². The van der Waals surface area contributed by atoms with Crippen molar-refractivity contribution in [2.45, 2.75) is 25.2 Å². The maximum atomic E-state index is 12.0. The van der Waals surface area contributed by atoms with Crippen molar-refractivity contribution in [2.24, 2.45) is 0 Å². The molecule has 3 rings (SSSR count). The van der Waals surface area contributed by atoms with E-state index in [9.17, 15) is 4.79 Å². The zero-order valence-corrected chi connectivity index (χ0v) is 10.5. The molecular weight excluding hydrogens is 220 g/mol. The fraction of sp³-hybridized carbons (Fsp3) is 0.235. The molecule has 0 spiro atoms. The van der Waals surface area contributed by atoms with Crippen molar-refractivity contribution >= 4 is 5.78 Å². The van der Waals surface area contributed by atoms with Gasteiger partial charge in [-0.1, -0.05) is 61.5 Å². The van der Waals surface area contributed by atoms with Gasteiger partial charge in [0.2, 0.25) is 0 Å². The summed E-state index contributed by atoms with van der Waals surface area (Å²) in [5.41, 5.74) is 3.33. The Hall–Kier alpha value is -1.89. The third kappa shape index (κ3) is 1.59. The van der Waals surface area contributed by atoms with Crippen LogP contribution in [0.3, 0.4) is 0 Å². The fourth-order valence-electron chi connectivity index (χ4n) is 2.95. The van der Waals surface area contributed by atoms with Gasteiger partial charge in [-0.25, -0.2) is 0 Å². The number of rotatable bonds is 1. The summed E-state index contributed by atoms with van der Waals surface area (Å²) in [7, 11) is 0. The first-order valence-corrected chi connectivity index (χ1v) is 6.40. The van der Waals surface area contributed by atoms with Gasteiger partial charge in [0.05, 0.1) is 0 Å². The number of hydrogen-bond donors (Lipinski definition) is 0. The van der Waals surface area contributed by atoms with E-state index in [1.807, 2.05) is 24.3 Å². The van der Waals surface area contributed by atoms with Crippen LogP contribution in [-0.2, 0) is 5.41 Å². The molecule has 18 heavy (non-hydrogen) atoms. The molecule has 1 nitrogen and oxygen atoms in total. The highest BCUT2D eigenvalue weighted by molar-refractivity contribution is 5.99. The molecule has 0 saturated carbocycles. The minimum Gasteiger partial charge on any atom is -0.294 e. The summed E-state index contributed by atoms with van der Waals surface area (Å²) in [5.74, 6) is 0.277. The third-order valence-corrected chi connectivity index (χ3v) is 4.08. The lowest BCUT2D eigenvalue weighted by Gasteiger charge is -2.35. The Balaban J connectivity index is 2.20. The van der Waals surface area contributed by atoms with E-state index < -0.39 is 0 Å². The maximum absolute atomic E-state index is 12.0. The lowest BCUT2D eigenvalue weighted by atomic mass is 9.67. The zero-order valence-electron chi connectivity index (χ0n) is 10.5. The number of carbonyl (C=O) groups excluding carboxylic acids is 1. The summed E-state index contributed by atoms with van der Waals surface area (Å²) in [5, 5.41) is 0. The second-order valence-corrected chi connectivity index (χ2v) is 5.17. The average Bonchev–Trinajstić information content (AvgIpc) is 2.44. The smallest absolute Gasteiger partial charge is 0.163 e. The van der Waals surface area contributed by atoms with Crippen LogP contribution in [0.2, 0.25) is 0 Å². The van der Waals surface area contributed by atoms with Gasteiger partial charge in [0.15, 0.2) is 5.78 Å². The summed E-state index contributed by atoms with van der Waals surface area (Å²) < 4.78 is 0. The molecule has 1 unspecified atom stereocenters. The van der Waals surface area contributed by atoms with Gasteiger partial charge >= 0.3 is 0 Å². The predicted molar refractivity (Wildman–Crippen MR) is 72.9 cm³/mol. The molecule has 0 fully saturated rings. The molecule has 90 valence electrons. The number of fused-ring (bicyclic) bond motifs is 1. The van der Waals surface area contributed by atoms with E-state index in [0.717, 1.165) is 12.0 Å². The molecule has 0 N–H and O–H groups in total. The van der Waals surface area contributed by atoms with Crippen LogP contribution in [0.5, 0.6) is 0 Å². The van der Waals surface area contributed by atoms with E-state index in [0.29, 0.717) is 6.42 Å². The van der Waals surface area contributed by atoms with Crippen LogP contribution in [0, 0.1) is 0 Å². The van der Waals surface area contributed by atoms with Gasteiger partial charge in [-0.15, -0.1) is 0 Å². The fourth-order valence-corrected chi connectivity index (χ4v) is 2.95. The Morgan fingerprint density at radius 2 is 1.61 bits per heavy atom. The molecule has 1 aliphatic rings. The predicted octanol–water partition coefficient (Wildman–Crippen LogP) is 3.97. The Kier molecular flexibility index (Phi) is 2.55. The lowest BCUT2D eigenvalue weighted by Crippen LogP contribution is -2.31. The van der Waals surface area contributed by atoms with Gasteiger partial charge in [-0.2, -0.15) is 0 Å². The lowest BCUT2D eigenvalue weighted by molar-refractivity contribution is 0.0960. The van der Waals surface area contributed by atoms with Crippen molar-refractivity contribution in [3.05, 3.63) is 71.3 Å². The van der Waals surface area contributed by atoms with Crippen LogP contribution in [0.15, 0.2) is 54.6 Å². The monoisotopic (exact) mass is 236 g/mol. The van der Waals surface area contributed by atoms with E-state index in [-0.39, 0.29) is 11.2 Å². The van der Waals surface area contributed by atoms with Crippen LogP contribution in [0.1, 0.15) is 41.3 Å². The van der Waals surface area contributed by atoms with Gasteiger partial charge in [-0.3, -0.25) is 4.79 Å². The van der Waals surface area contributed by atoms with Crippen LogP contribution in [0.25, 0.3) is 0 Å². The van der Waals surface area contributed by atoms with Gasteiger partial charge in [0, 0.05) is 17.4 Å². The molecule has 0 heterocycles. The third-order valence-electron chi connectivity index (χ3n) is 4.08. The molecule has 0 aliphatic heterocycles. The van der Waals surface area contributed by atoms with E-state index in [1.54, 1.807) is 0 Å². The normalized spacial score (nSPS) is 22.6. The van der Waals surface area contributed by atoms with E-state index in [4.69, 9.17) is 0 Å². The van der Waals surface area contributed by atoms with Crippen molar-refractivity contribution in [3.63, 3.8) is 0 Å². The molecule has 0 aromatic heterocycles. The van der Waals surface area contributed by atoms with Gasteiger partial charge in [-0.05, 0) is 17.5 Å². The topological polar surface area (TPSA) is 17.1 Å². The minimum atomic E-state index is -0.0359. The highest BCUT2D eigenvalue weighted by atomic mass is 16.1. The van der Waals surface area contributed by atoms with Crippen LogP contribution >= 0.6 is 0 Å². The quantitative estimate of drug-likeness (QED) is 0.732. The highest BCUT2D eigenvalue weighted by Gasteiger charge is 2.36. The molecule has 0 bridgehead atoms. The first kappa shape index (κ1) is 11.2. The molecular formula is C17H16O. The second kappa shape index (κ2) is 4.09. The molecule has 0 saturated heterocycles. The van der Waals surface area contributed by atoms with Crippen molar-refractivity contribution in [3.8, 4) is 0 Å². The molecule has 2 aromatic rings. The molecule has 1 aliphatic carbocycles. The summed E-state index contributed by atoms with van der Waals surface area (Å²) >= 11 is 0. The maximum Gasteiger partial charge on any atom is 0.163 e.